The van der Waals surface area contributed by atoms with Gasteiger partial charge in [0.05, 0.1) is 0 Å². The standard InChI is InChI=1S/C21H26N6O3/c1-16(28)24-17-5-4-6-18(15-17)25-21(30)23-10-8-20(29)27-13-11-26(12-14-27)19-7-2-3-9-22-19/h2-7,9,15H,8,10-14H2,1H3,(H,24,28)(H2,23,25,30). The Hall–Kier alpha value is -3.62. The van der Waals surface area contributed by atoms with Crippen molar-refractivity contribution in [3.63, 3.8) is 0 Å². The number of pyridine rings is 1. The predicted octanol–water partition coefficient (Wildman–Crippen LogP) is 1.90. The molecule has 9 nitrogen and oxygen atoms in total. The van der Waals surface area contributed by atoms with E-state index in [0.717, 1.165) is 18.9 Å². The molecule has 9 heteroatoms. The van der Waals surface area contributed by atoms with Crippen molar-refractivity contribution in [2.75, 3.05) is 48.3 Å². The minimum absolute atomic E-state index is 0.0172. The number of benzene rings is 1. The predicted molar refractivity (Wildman–Crippen MR) is 115 cm³/mol. The number of amides is 4. The van der Waals surface area contributed by atoms with Gasteiger partial charge in [-0.2, -0.15) is 0 Å². The molecule has 0 bridgehead atoms. The number of hydrogen-bond donors (Lipinski definition) is 3. The molecule has 2 aromatic rings. The molecule has 158 valence electrons. The molecular formula is C21H26N6O3. The molecule has 0 spiro atoms. The van der Waals surface area contributed by atoms with Crippen molar-refractivity contribution < 1.29 is 14.4 Å². The molecule has 2 heterocycles. The molecule has 0 saturated carbocycles. The highest BCUT2D eigenvalue weighted by atomic mass is 16.2. The van der Waals surface area contributed by atoms with Gasteiger partial charge >= 0.3 is 6.03 Å². The highest BCUT2D eigenvalue weighted by Gasteiger charge is 2.21. The largest absolute Gasteiger partial charge is 0.353 e. The third kappa shape index (κ3) is 6.20. The summed E-state index contributed by atoms with van der Waals surface area (Å²) in [5, 5.41) is 8.04. The molecule has 0 radical (unpaired) electrons. The van der Waals surface area contributed by atoms with Crippen LogP contribution in [0.2, 0.25) is 0 Å². The molecule has 0 unspecified atom stereocenters. The quantitative estimate of drug-likeness (QED) is 0.674. The van der Waals surface area contributed by atoms with Gasteiger partial charge in [-0.3, -0.25) is 9.59 Å². The second-order valence-electron chi connectivity index (χ2n) is 6.95. The van der Waals surface area contributed by atoms with Gasteiger partial charge in [0.15, 0.2) is 0 Å². The summed E-state index contributed by atoms with van der Waals surface area (Å²) in [7, 11) is 0. The number of rotatable bonds is 6. The number of nitrogens with one attached hydrogen (secondary N) is 3. The van der Waals surface area contributed by atoms with Crippen LogP contribution in [0.5, 0.6) is 0 Å². The average Bonchev–Trinajstić information content (AvgIpc) is 2.74. The van der Waals surface area contributed by atoms with Crippen molar-refractivity contribution in [2.24, 2.45) is 0 Å². The summed E-state index contributed by atoms with van der Waals surface area (Å²) < 4.78 is 0. The van der Waals surface area contributed by atoms with Crippen LogP contribution < -0.4 is 20.9 Å². The van der Waals surface area contributed by atoms with E-state index in [4.69, 9.17) is 0 Å². The highest BCUT2D eigenvalue weighted by molar-refractivity contribution is 5.92. The van der Waals surface area contributed by atoms with Gasteiger partial charge in [0.1, 0.15) is 5.82 Å². The van der Waals surface area contributed by atoms with Crippen LogP contribution in [0.15, 0.2) is 48.7 Å². The van der Waals surface area contributed by atoms with E-state index < -0.39 is 6.03 Å². The first-order valence-electron chi connectivity index (χ1n) is 9.87. The first kappa shape index (κ1) is 21.1. The number of carbonyl (C=O) groups excluding carboxylic acids is 3. The van der Waals surface area contributed by atoms with Crippen LogP contribution in [-0.2, 0) is 9.59 Å². The van der Waals surface area contributed by atoms with Crippen LogP contribution in [0.1, 0.15) is 13.3 Å². The van der Waals surface area contributed by atoms with Gasteiger partial charge in [-0.1, -0.05) is 12.1 Å². The van der Waals surface area contributed by atoms with Gasteiger partial charge in [-0.05, 0) is 30.3 Å². The van der Waals surface area contributed by atoms with Gasteiger partial charge in [-0.15, -0.1) is 0 Å². The monoisotopic (exact) mass is 410 g/mol. The van der Waals surface area contributed by atoms with E-state index in [9.17, 15) is 14.4 Å². The van der Waals surface area contributed by atoms with Crippen molar-refractivity contribution in [3.8, 4) is 0 Å². The van der Waals surface area contributed by atoms with E-state index >= 15 is 0 Å². The number of anilines is 3. The second-order valence-corrected chi connectivity index (χ2v) is 6.95. The zero-order chi connectivity index (χ0) is 21.3. The molecule has 30 heavy (non-hydrogen) atoms. The summed E-state index contributed by atoms with van der Waals surface area (Å²) in [4.78, 5) is 43.9. The van der Waals surface area contributed by atoms with Gasteiger partial charge in [0, 0.05) is 63.6 Å². The first-order chi connectivity index (χ1) is 14.5. The van der Waals surface area contributed by atoms with Gasteiger partial charge in [0.25, 0.3) is 0 Å². The zero-order valence-corrected chi connectivity index (χ0v) is 16.9. The Balaban J connectivity index is 1.37. The van der Waals surface area contributed by atoms with Crippen molar-refractivity contribution in [1.29, 1.82) is 0 Å². The van der Waals surface area contributed by atoms with Crippen molar-refractivity contribution >= 4 is 35.0 Å². The van der Waals surface area contributed by atoms with E-state index in [-0.39, 0.29) is 24.8 Å². The topological polar surface area (TPSA) is 107 Å². The summed E-state index contributed by atoms with van der Waals surface area (Å²) in [6, 6.07) is 12.2. The van der Waals surface area contributed by atoms with Crippen LogP contribution in [0.25, 0.3) is 0 Å². The molecule has 3 rings (SSSR count). The fraction of sp³-hybridized carbons (Fsp3) is 0.333. The molecule has 1 aromatic carbocycles. The Morgan fingerprint density at radius 2 is 1.70 bits per heavy atom. The number of aromatic nitrogens is 1. The molecular weight excluding hydrogens is 384 g/mol. The Morgan fingerprint density at radius 1 is 0.967 bits per heavy atom. The maximum atomic E-state index is 12.4. The fourth-order valence-electron chi connectivity index (χ4n) is 3.22. The lowest BCUT2D eigenvalue weighted by Gasteiger charge is -2.35. The highest BCUT2D eigenvalue weighted by Crippen LogP contribution is 2.15. The molecule has 0 aliphatic carbocycles. The zero-order valence-electron chi connectivity index (χ0n) is 16.9. The maximum Gasteiger partial charge on any atom is 0.319 e. The van der Waals surface area contributed by atoms with Gasteiger partial charge < -0.3 is 25.8 Å². The summed E-state index contributed by atoms with van der Waals surface area (Å²) in [5.41, 5.74) is 1.15. The molecule has 1 fully saturated rings. The van der Waals surface area contributed by atoms with E-state index in [2.05, 4.69) is 25.8 Å². The number of piperazine rings is 1. The van der Waals surface area contributed by atoms with Gasteiger partial charge in [0.2, 0.25) is 11.8 Å². The lowest BCUT2D eigenvalue weighted by Crippen LogP contribution is -2.49. The number of nitrogens with zero attached hydrogens (tertiary/aromatic N) is 3. The molecule has 1 aliphatic heterocycles. The lowest BCUT2D eigenvalue weighted by molar-refractivity contribution is -0.131. The van der Waals surface area contributed by atoms with E-state index in [0.29, 0.717) is 24.5 Å². The van der Waals surface area contributed by atoms with Crippen molar-refractivity contribution in [3.05, 3.63) is 48.7 Å². The number of urea groups is 1. The Kier molecular flexibility index (Phi) is 7.20. The van der Waals surface area contributed by atoms with Crippen LogP contribution in [-0.4, -0.2) is 60.5 Å². The summed E-state index contributed by atoms with van der Waals surface area (Å²) in [6.07, 6.45) is 2.00. The lowest BCUT2D eigenvalue weighted by atomic mass is 10.2. The minimum atomic E-state index is -0.400. The first-order valence-corrected chi connectivity index (χ1v) is 9.87. The van der Waals surface area contributed by atoms with E-state index in [1.165, 1.54) is 6.92 Å². The second kappa shape index (κ2) is 10.2. The average molecular weight is 410 g/mol. The summed E-state index contributed by atoms with van der Waals surface area (Å²) >= 11 is 0. The van der Waals surface area contributed by atoms with E-state index in [1.807, 2.05) is 23.1 Å². The fourth-order valence-corrected chi connectivity index (χ4v) is 3.22. The molecule has 3 N–H and O–H groups in total. The summed E-state index contributed by atoms with van der Waals surface area (Å²) in [6.45, 7) is 4.41. The van der Waals surface area contributed by atoms with Crippen molar-refractivity contribution in [1.82, 2.24) is 15.2 Å². The van der Waals surface area contributed by atoms with Crippen LogP contribution >= 0.6 is 0 Å². The SMILES string of the molecule is CC(=O)Nc1cccc(NC(=O)NCCC(=O)N2CCN(c3ccccn3)CC2)c1. The third-order valence-electron chi connectivity index (χ3n) is 4.67. The van der Waals surface area contributed by atoms with Crippen LogP contribution in [0, 0.1) is 0 Å². The maximum absolute atomic E-state index is 12.4. The van der Waals surface area contributed by atoms with E-state index in [1.54, 1.807) is 30.5 Å². The normalized spacial score (nSPS) is 13.5. The molecule has 1 saturated heterocycles. The molecule has 1 aromatic heterocycles. The summed E-state index contributed by atoms with van der Waals surface area (Å²) in [5.74, 6) is 0.755. The molecule has 1 aliphatic rings. The van der Waals surface area contributed by atoms with Crippen molar-refractivity contribution in [2.45, 2.75) is 13.3 Å². The Morgan fingerprint density at radius 3 is 2.37 bits per heavy atom. The molecule has 4 amide bonds. The van der Waals surface area contributed by atoms with Crippen LogP contribution in [0.3, 0.4) is 0 Å². The van der Waals surface area contributed by atoms with Crippen LogP contribution in [0.4, 0.5) is 22.0 Å². The minimum Gasteiger partial charge on any atom is -0.353 e. The smallest absolute Gasteiger partial charge is 0.319 e. The van der Waals surface area contributed by atoms with Gasteiger partial charge in [-0.25, -0.2) is 9.78 Å². The third-order valence-corrected chi connectivity index (χ3v) is 4.67. The Labute approximate surface area is 175 Å². The number of carbonyl (C=O) groups is 3. The Bertz CT molecular complexity index is 881. The molecule has 0 atom stereocenters. The number of hydrogen-bond acceptors (Lipinski definition) is 5.